The minimum Gasteiger partial charge on any atom is -0.369 e. The van der Waals surface area contributed by atoms with Crippen LogP contribution in [-0.2, 0) is 6.54 Å². The van der Waals surface area contributed by atoms with E-state index in [0.29, 0.717) is 12.6 Å². The third kappa shape index (κ3) is 5.09. The number of anilines is 1. The molecule has 0 bridgehead atoms. The Bertz CT molecular complexity index is 632. The number of guanidine groups is 1. The molecule has 3 rings (SSSR count). The number of halogens is 1. The average molecular weight is 437 g/mol. The van der Waals surface area contributed by atoms with E-state index in [-0.39, 0.29) is 24.0 Å². The van der Waals surface area contributed by atoms with Gasteiger partial charge in [0.1, 0.15) is 0 Å². The number of para-hydroxylation sites is 1. The molecule has 1 aromatic carbocycles. The highest BCUT2D eigenvalue weighted by atomic mass is 127. The number of nitrogens with zero attached hydrogens (tertiary/aromatic N) is 3. The molecule has 24 heavy (non-hydrogen) atoms. The van der Waals surface area contributed by atoms with Crippen LogP contribution in [-0.4, -0.2) is 37.1 Å². The number of hydrogen-bond donors (Lipinski definition) is 2. The third-order valence-electron chi connectivity index (χ3n) is 4.04. The van der Waals surface area contributed by atoms with Crippen molar-refractivity contribution in [2.75, 3.05) is 25.0 Å². The maximum atomic E-state index is 4.32. The van der Waals surface area contributed by atoms with Gasteiger partial charge in [0.2, 0.25) is 0 Å². The van der Waals surface area contributed by atoms with Crippen molar-refractivity contribution in [3.8, 4) is 0 Å². The molecule has 1 atom stereocenters. The van der Waals surface area contributed by atoms with Crippen LogP contribution < -0.4 is 15.5 Å². The summed E-state index contributed by atoms with van der Waals surface area (Å²) in [4.78, 5) is 11.0. The first kappa shape index (κ1) is 18.5. The number of aromatic nitrogens is 1. The largest absolute Gasteiger partial charge is 0.369 e. The van der Waals surface area contributed by atoms with Crippen molar-refractivity contribution in [1.29, 1.82) is 0 Å². The van der Waals surface area contributed by atoms with E-state index in [2.05, 4.69) is 55.8 Å². The van der Waals surface area contributed by atoms with Crippen LogP contribution in [0.2, 0.25) is 0 Å². The highest BCUT2D eigenvalue weighted by Gasteiger charge is 2.23. The highest BCUT2D eigenvalue weighted by molar-refractivity contribution is 14.0. The number of hydrogen-bond acceptors (Lipinski definition) is 3. The lowest BCUT2D eigenvalue weighted by atomic mass is 10.2. The number of benzene rings is 1. The Labute approximate surface area is 160 Å². The van der Waals surface area contributed by atoms with Crippen LogP contribution in [0, 0.1) is 0 Å². The lowest BCUT2D eigenvalue weighted by Crippen LogP contribution is -2.44. The Morgan fingerprint density at radius 2 is 2.00 bits per heavy atom. The molecule has 0 aliphatic carbocycles. The molecule has 1 fully saturated rings. The Hall–Kier alpha value is -1.83. The van der Waals surface area contributed by atoms with Crippen LogP contribution >= 0.6 is 24.0 Å². The van der Waals surface area contributed by atoms with Gasteiger partial charge in [0, 0.05) is 38.1 Å². The monoisotopic (exact) mass is 437 g/mol. The second-order valence-corrected chi connectivity index (χ2v) is 5.66. The molecular weight excluding hydrogens is 413 g/mol. The summed E-state index contributed by atoms with van der Waals surface area (Å²) in [6, 6.07) is 16.9. The SMILES string of the molecule is CN=C(NCc1ccccn1)NC1CCN(c2ccccc2)C1.I. The Balaban J connectivity index is 0.00000208. The van der Waals surface area contributed by atoms with E-state index < -0.39 is 0 Å². The van der Waals surface area contributed by atoms with Crippen LogP contribution in [0.5, 0.6) is 0 Å². The van der Waals surface area contributed by atoms with Crippen LogP contribution in [0.4, 0.5) is 5.69 Å². The van der Waals surface area contributed by atoms with Crippen LogP contribution in [0.3, 0.4) is 0 Å². The molecule has 128 valence electrons. The second-order valence-electron chi connectivity index (χ2n) is 5.66. The fraction of sp³-hybridized carbons (Fsp3) is 0.333. The summed E-state index contributed by atoms with van der Waals surface area (Å²) in [5, 5.41) is 6.83. The summed E-state index contributed by atoms with van der Waals surface area (Å²) < 4.78 is 0. The van der Waals surface area contributed by atoms with Crippen LogP contribution in [0.15, 0.2) is 59.7 Å². The fourth-order valence-corrected chi connectivity index (χ4v) is 2.82. The smallest absolute Gasteiger partial charge is 0.191 e. The van der Waals surface area contributed by atoms with E-state index in [1.54, 1.807) is 7.05 Å². The van der Waals surface area contributed by atoms with E-state index >= 15 is 0 Å². The minimum absolute atomic E-state index is 0. The molecular formula is C18H24IN5. The molecule has 5 nitrogen and oxygen atoms in total. The van der Waals surface area contributed by atoms with Gasteiger partial charge < -0.3 is 15.5 Å². The molecule has 0 amide bonds. The second kappa shape index (κ2) is 9.46. The Morgan fingerprint density at radius 1 is 1.21 bits per heavy atom. The standard InChI is InChI=1S/C18H23N5.HI/c1-19-18(21-13-15-7-5-6-11-20-15)22-16-10-12-23(14-16)17-8-3-2-4-9-17;/h2-9,11,16H,10,12-14H2,1H3,(H2,19,21,22);1H. The number of aliphatic imine (C=N–C) groups is 1. The third-order valence-corrected chi connectivity index (χ3v) is 4.04. The summed E-state index contributed by atoms with van der Waals surface area (Å²) >= 11 is 0. The van der Waals surface area contributed by atoms with E-state index in [1.165, 1.54) is 5.69 Å². The first-order valence-electron chi connectivity index (χ1n) is 8.02. The molecule has 0 saturated carbocycles. The van der Waals surface area contributed by atoms with Gasteiger partial charge in [-0.25, -0.2) is 0 Å². The molecule has 1 aliphatic rings. The molecule has 1 saturated heterocycles. The van der Waals surface area contributed by atoms with Crippen molar-refractivity contribution < 1.29 is 0 Å². The van der Waals surface area contributed by atoms with Gasteiger partial charge in [-0.05, 0) is 30.7 Å². The van der Waals surface area contributed by atoms with Crippen molar-refractivity contribution in [1.82, 2.24) is 15.6 Å². The maximum absolute atomic E-state index is 4.32. The van der Waals surface area contributed by atoms with Gasteiger partial charge in [0.25, 0.3) is 0 Å². The van der Waals surface area contributed by atoms with Crippen molar-refractivity contribution in [2.45, 2.75) is 19.0 Å². The van der Waals surface area contributed by atoms with E-state index in [4.69, 9.17) is 0 Å². The van der Waals surface area contributed by atoms with Gasteiger partial charge in [0.15, 0.2) is 5.96 Å². The molecule has 2 N–H and O–H groups in total. The van der Waals surface area contributed by atoms with E-state index in [0.717, 1.165) is 31.2 Å². The van der Waals surface area contributed by atoms with Gasteiger partial charge in [-0.1, -0.05) is 24.3 Å². The summed E-state index contributed by atoms with van der Waals surface area (Å²) in [6.07, 6.45) is 2.92. The van der Waals surface area contributed by atoms with Gasteiger partial charge in [-0.3, -0.25) is 9.98 Å². The Morgan fingerprint density at radius 3 is 2.71 bits per heavy atom. The fourth-order valence-electron chi connectivity index (χ4n) is 2.82. The van der Waals surface area contributed by atoms with Gasteiger partial charge in [-0.2, -0.15) is 0 Å². The molecule has 2 heterocycles. The summed E-state index contributed by atoms with van der Waals surface area (Å²) in [6.45, 7) is 2.74. The summed E-state index contributed by atoms with van der Waals surface area (Å²) in [5.41, 5.74) is 2.29. The van der Waals surface area contributed by atoms with Crippen molar-refractivity contribution >= 4 is 35.6 Å². The first-order valence-corrected chi connectivity index (χ1v) is 8.02. The zero-order valence-electron chi connectivity index (χ0n) is 13.9. The molecule has 6 heteroatoms. The maximum Gasteiger partial charge on any atom is 0.191 e. The number of rotatable bonds is 4. The van der Waals surface area contributed by atoms with Gasteiger partial charge in [0.05, 0.1) is 12.2 Å². The van der Waals surface area contributed by atoms with Crippen LogP contribution in [0.25, 0.3) is 0 Å². The lowest BCUT2D eigenvalue weighted by molar-refractivity contribution is 0.647. The van der Waals surface area contributed by atoms with Crippen molar-refractivity contribution in [3.05, 3.63) is 60.4 Å². The normalized spacial score (nSPS) is 17.3. The predicted octanol–water partition coefficient (Wildman–Crippen LogP) is 2.64. The summed E-state index contributed by atoms with van der Waals surface area (Å²) in [7, 11) is 1.80. The molecule has 2 aromatic rings. The average Bonchev–Trinajstić information content (AvgIpc) is 3.09. The van der Waals surface area contributed by atoms with E-state index in [1.807, 2.05) is 24.4 Å². The van der Waals surface area contributed by atoms with Crippen molar-refractivity contribution in [2.24, 2.45) is 4.99 Å². The molecule has 0 radical (unpaired) electrons. The molecule has 1 aromatic heterocycles. The summed E-state index contributed by atoms with van der Waals surface area (Å²) in [5.74, 6) is 0.829. The lowest BCUT2D eigenvalue weighted by Gasteiger charge is -2.20. The van der Waals surface area contributed by atoms with Gasteiger partial charge >= 0.3 is 0 Å². The zero-order valence-corrected chi connectivity index (χ0v) is 16.2. The van der Waals surface area contributed by atoms with Crippen LogP contribution in [0.1, 0.15) is 12.1 Å². The number of pyridine rings is 1. The topological polar surface area (TPSA) is 52.6 Å². The van der Waals surface area contributed by atoms with E-state index in [9.17, 15) is 0 Å². The first-order chi connectivity index (χ1) is 11.3. The predicted molar refractivity (Wildman–Crippen MR) is 110 cm³/mol. The minimum atomic E-state index is 0. The molecule has 1 unspecified atom stereocenters. The van der Waals surface area contributed by atoms with Gasteiger partial charge in [-0.15, -0.1) is 24.0 Å². The molecule has 1 aliphatic heterocycles. The Kier molecular flexibility index (Phi) is 7.30. The molecule has 0 spiro atoms. The van der Waals surface area contributed by atoms with Crippen molar-refractivity contribution in [3.63, 3.8) is 0 Å². The quantitative estimate of drug-likeness (QED) is 0.439. The highest BCUT2D eigenvalue weighted by Crippen LogP contribution is 2.19. The number of nitrogens with one attached hydrogen (secondary N) is 2. The zero-order chi connectivity index (χ0) is 15.9.